The monoisotopic (exact) mass is 565 g/mol. The fourth-order valence-corrected chi connectivity index (χ4v) is 6.53. The van der Waals surface area contributed by atoms with Crippen molar-refractivity contribution in [3.63, 3.8) is 0 Å². The molecule has 42 heavy (non-hydrogen) atoms. The molecule has 1 fully saturated rings. The summed E-state index contributed by atoms with van der Waals surface area (Å²) in [5, 5.41) is 15.9. The Morgan fingerprint density at radius 1 is 0.929 bits per heavy atom. The van der Waals surface area contributed by atoms with Crippen molar-refractivity contribution >= 4 is 18.0 Å². The van der Waals surface area contributed by atoms with E-state index in [2.05, 4.69) is 39.8 Å². The van der Waals surface area contributed by atoms with E-state index in [4.69, 9.17) is 4.74 Å². The summed E-state index contributed by atoms with van der Waals surface area (Å²) in [7, 11) is 0. The lowest BCUT2D eigenvalue weighted by Gasteiger charge is -2.30. The third-order valence-electron chi connectivity index (χ3n) is 8.71. The van der Waals surface area contributed by atoms with Crippen molar-refractivity contribution in [2.45, 2.75) is 43.3 Å². The molecule has 8 heteroatoms. The molecule has 6 rings (SSSR count). The van der Waals surface area contributed by atoms with E-state index in [1.54, 1.807) is 0 Å². The second-order valence-electron chi connectivity index (χ2n) is 11.5. The molecular formula is C34H35N3O5. The third kappa shape index (κ3) is 5.67. The summed E-state index contributed by atoms with van der Waals surface area (Å²) in [4.78, 5) is 40.6. The predicted octanol–water partition coefficient (Wildman–Crippen LogP) is 4.71. The molecule has 0 aromatic heterocycles. The summed E-state index contributed by atoms with van der Waals surface area (Å²) in [6.07, 6.45) is 4.39. The number of likely N-dealkylation sites (tertiary alicyclic amines) is 1. The molecule has 3 unspecified atom stereocenters. The number of nitrogens with zero attached hydrogens (tertiary/aromatic N) is 1. The van der Waals surface area contributed by atoms with Gasteiger partial charge in [0.05, 0.1) is 6.04 Å². The normalized spacial score (nSPS) is 23.1. The van der Waals surface area contributed by atoms with E-state index in [0.29, 0.717) is 32.4 Å². The standard InChI is InChI=1S/C34H35N3O5/c38-31(36-34(32(39)40)17-18-37(22-34)20-23-9-2-1-3-10-23)24-11-8-12-25(19-24)35-33(41)42-21-30-28-15-6-4-13-26(28)27-14-5-7-16-29(27)30/h1-10,12-16,24-25,30H,11,17-22H2,(H,35,41)(H,36,38)(H,39,40). The first kappa shape index (κ1) is 27.7. The Morgan fingerprint density at radius 3 is 2.29 bits per heavy atom. The first-order valence-corrected chi connectivity index (χ1v) is 14.5. The van der Waals surface area contributed by atoms with E-state index in [-0.39, 0.29) is 31.0 Å². The summed E-state index contributed by atoms with van der Waals surface area (Å²) in [6, 6.07) is 25.9. The van der Waals surface area contributed by atoms with Crippen LogP contribution in [0.4, 0.5) is 4.79 Å². The molecular weight excluding hydrogens is 530 g/mol. The van der Waals surface area contributed by atoms with Gasteiger partial charge in [0, 0.05) is 31.5 Å². The Bertz CT molecular complexity index is 1460. The van der Waals surface area contributed by atoms with Crippen LogP contribution in [-0.4, -0.2) is 59.3 Å². The topological polar surface area (TPSA) is 108 Å². The van der Waals surface area contributed by atoms with Gasteiger partial charge in [-0.1, -0.05) is 91.0 Å². The fourth-order valence-electron chi connectivity index (χ4n) is 6.53. The Kier molecular flexibility index (Phi) is 7.80. The minimum Gasteiger partial charge on any atom is -0.479 e. The molecule has 0 bridgehead atoms. The number of ether oxygens (including phenoxy) is 1. The molecule has 1 saturated heterocycles. The van der Waals surface area contributed by atoms with Gasteiger partial charge in [-0.25, -0.2) is 9.59 Å². The molecule has 2 aliphatic carbocycles. The molecule has 0 spiro atoms. The third-order valence-corrected chi connectivity index (χ3v) is 8.71. The van der Waals surface area contributed by atoms with Gasteiger partial charge in [-0.15, -0.1) is 0 Å². The van der Waals surface area contributed by atoms with Crippen molar-refractivity contribution < 1.29 is 24.2 Å². The molecule has 2 amide bonds. The Morgan fingerprint density at radius 2 is 1.60 bits per heavy atom. The van der Waals surface area contributed by atoms with Crippen molar-refractivity contribution in [1.82, 2.24) is 15.5 Å². The average Bonchev–Trinajstić information content (AvgIpc) is 3.56. The number of carboxylic acids is 1. The largest absolute Gasteiger partial charge is 0.479 e. The van der Waals surface area contributed by atoms with Crippen LogP contribution in [-0.2, 0) is 20.9 Å². The zero-order valence-electron chi connectivity index (χ0n) is 23.4. The van der Waals surface area contributed by atoms with Crippen LogP contribution in [0.3, 0.4) is 0 Å². The minimum absolute atomic E-state index is 0.0383. The molecule has 3 aromatic carbocycles. The van der Waals surface area contributed by atoms with Gasteiger partial charge in [0.1, 0.15) is 6.61 Å². The number of carboxylic acid groups (broad SMARTS) is 1. The number of fused-ring (bicyclic) bond motifs is 3. The van der Waals surface area contributed by atoms with E-state index in [1.807, 2.05) is 66.7 Å². The van der Waals surface area contributed by atoms with Gasteiger partial charge in [0.25, 0.3) is 0 Å². The number of hydrogen-bond donors (Lipinski definition) is 3. The number of allylic oxidation sites excluding steroid dienone is 1. The Balaban J connectivity index is 1.03. The highest BCUT2D eigenvalue weighted by molar-refractivity contribution is 5.89. The smallest absolute Gasteiger partial charge is 0.407 e. The highest BCUT2D eigenvalue weighted by Crippen LogP contribution is 2.44. The van der Waals surface area contributed by atoms with Gasteiger partial charge < -0.3 is 20.5 Å². The number of nitrogens with one attached hydrogen (secondary N) is 2. The van der Waals surface area contributed by atoms with Gasteiger partial charge in [-0.3, -0.25) is 9.69 Å². The van der Waals surface area contributed by atoms with E-state index < -0.39 is 23.5 Å². The van der Waals surface area contributed by atoms with Gasteiger partial charge >= 0.3 is 12.1 Å². The predicted molar refractivity (Wildman–Crippen MR) is 159 cm³/mol. The van der Waals surface area contributed by atoms with E-state index in [0.717, 1.165) is 27.8 Å². The van der Waals surface area contributed by atoms with Crippen molar-refractivity contribution in [2.75, 3.05) is 19.7 Å². The number of alkyl carbamates (subject to hydrolysis) is 1. The Hall–Kier alpha value is -4.43. The zero-order valence-corrected chi connectivity index (χ0v) is 23.4. The summed E-state index contributed by atoms with van der Waals surface area (Å²) in [5.41, 5.74) is 4.38. The molecule has 3 aromatic rings. The number of amides is 2. The molecule has 1 aliphatic heterocycles. The number of carbonyl (C=O) groups excluding carboxylic acids is 2. The molecule has 1 heterocycles. The lowest BCUT2D eigenvalue weighted by atomic mass is 9.88. The van der Waals surface area contributed by atoms with Crippen LogP contribution in [0.1, 0.15) is 41.9 Å². The van der Waals surface area contributed by atoms with Crippen molar-refractivity contribution in [1.29, 1.82) is 0 Å². The van der Waals surface area contributed by atoms with Crippen LogP contribution in [0.5, 0.6) is 0 Å². The zero-order chi connectivity index (χ0) is 29.1. The highest BCUT2D eigenvalue weighted by Gasteiger charge is 2.47. The molecule has 8 nitrogen and oxygen atoms in total. The lowest BCUT2D eigenvalue weighted by molar-refractivity contribution is -0.147. The summed E-state index contributed by atoms with van der Waals surface area (Å²) in [6.45, 7) is 1.66. The van der Waals surface area contributed by atoms with Crippen molar-refractivity contribution in [3.05, 3.63) is 108 Å². The molecule has 0 radical (unpaired) electrons. The van der Waals surface area contributed by atoms with Gasteiger partial charge in [-0.05, 0) is 47.1 Å². The van der Waals surface area contributed by atoms with E-state index in [9.17, 15) is 19.5 Å². The van der Waals surface area contributed by atoms with Crippen LogP contribution in [0, 0.1) is 5.92 Å². The Labute approximate surface area is 245 Å². The molecule has 3 atom stereocenters. The fraction of sp³-hybridized carbons (Fsp3) is 0.324. The van der Waals surface area contributed by atoms with Crippen molar-refractivity contribution in [2.24, 2.45) is 5.92 Å². The quantitative estimate of drug-likeness (QED) is 0.342. The summed E-state index contributed by atoms with van der Waals surface area (Å²) >= 11 is 0. The van der Waals surface area contributed by atoms with Gasteiger partial charge in [0.15, 0.2) is 5.54 Å². The maximum absolute atomic E-state index is 13.3. The first-order valence-electron chi connectivity index (χ1n) is 14.5. The van der Waals surface area contributed by atoms with Crippen LogP contribution >= 0.6 is 0 Å². The van der Waals surface area contributed by atoms with Crippen LogP contribution in [0.2, 0.25) is 0 Å². The van der Waals surface area contributed by atoms with Gasteiger partial charge in [0.2, 0.25) is 5.91 Å². The molecule has 216 valence electrons. The molecule has 3 aliphatic rings. The first-order chi connectivity index (χ1) is 20.4. The summed E-state index contributed by atoms with van der Waals surface area (Å²) < 4.78 is 5.69. The van der Waals surface area contributed by atoms with E-state index in [1.165, 1.54) is 0 Å². The molecule has 0 saturated carbocycles. The average molecular weight is 566 g/mol. The maximum Gasteiger partial charge on any atom is 0.407 e. The highest BCUT2D eigenvalue weighted by atomic mass is 16.5. The maximum atomic E-state index is 13.3. The number of rotatable bonds is 8. The second kappa shape index (κ2) is 11.8. The summed E-state index contributed by atoms with van der Waals surface area (Å²) in [5.74, 6) is -1.81. The van der Waals surface area contributed by atoms with Crippen LogP contribution in [0.25, 0.3) is 11.1 Å². The minimum atomic E-state index is -1.33. The number of carbonyl (C=O) groups is 3. The number of aliphatic carboxylic acids is 1. The number of benzene rings is 3. The van der Waals surface area contributed by atoms with E-state index >= 15 is 0 Å². The van der Waals surface area contributed by atoms with Crippen molar-refractivity contribution in [3.8, 4) is 11.1 Å². The SMILES string of the molecule is O=C(NC1C=CCC(C(=O)NC2(C(=O)O)CCN(Cc3ccccc3)C2)C1)OCC1c2ccccc2-c2ccccc21. The molecule has 3 N–H and O–H groups in total. The second-order valence-corrected chi connectivity index (χ2v) is 11.5. The lowest BCUT2D eigenvalue weighted by Crippen LogP contribution is -2.58. The van der Waals surface area contributed by atoms with Crippen LogP contribution < -0.4 is 10.6 Å². The number of hydrogen-bond acceptors (Lipinski definition) is 5. The van der Waals surface area contributed by atoms with Crippen LogP contribution in [0.15, 0.2) is 91.0 Å². The van der Waals surface area contributed by atoms with Gasteiger partial charge in [-0.2, -0.15) is 0 Å².